The number of pyridine rings is 1. The first kappa shape index (κ1) is 17.2. The molecule has 0 unspecified atom stereocenters. The van der Waals surface area contributed by atoms with Gasteiger partial charge >= 0.3 is 0 Å². The van der Waals surface area contributed by atoms with Crippen LogP contribution in [0.15, 0.2) is 24.3 Å². The number of hydrogen-bond donors (Lipinski definition) is 1. The molecule has 0 aliphatic heterocycles. The highest BCUT2D eigenvalue weighted by molar-refractivity contribution is 6.06. The van der Waals surface area contributed by atoms with E-state index in [1.807, 2.05) is 25.1 Å². The highest BCUT2D eigenvalue weighted by Gasteiger charge is 2.17. The van der Waals surface area contributed by atoms with Crippen LogP contribution in [0.5, 0.6) is 0 Å². The SMILES string of the molecule is C#CCCC[CH]Cn1c(COCC)nc2c(N)nc3ccccc3c21. The quantitative estimate of drug-likeness (QED) is 0.503. The lowest BCUT2D eigenvalue weighted by Gasteiger charge is -2.10. The summed E-state index contributed by atoms with van der Waals surface area (Å²) in [6.45, 7) is 3.82. The van der Waals surface area contributed by atoms with Gasteiger partial charge in [-0.25, -0.2) is 9.97 Å². The summed E-state index contributed by atoms with van der Waals surface area (Å²) in [4.78, 5) is 9.20. The van der Waals surface area contributed by atoms with Crippen LogP contribution in [0.1, 0.15) is 32.0 Å². The van der Waals surface area contributed by atoms with E-state index in [2.05, 4.69) is 28.0 Å². The van der Waals surface area contributed by atoms with E-state index < -0.39 is 0 Å². The monoisotopic (exact) mass is 335 g/mol. The molecule has 0 atom stereocenters. The summed E-state index contributed by atoms with van der Waals surface area (Å²) in [5, 5.41) is 1.05. The topological polar surface area (TPSA) is 66.0 Å². The molecule has 0 amide bonds. The van der Waals surface area contributed by atoms with Gasteiger partial charge in [0.05, 0.1) is 11.0 Å². The number of hydrogen-bond acceptors (Lipinski definition) is 4. The molecular formula is C20H23N4O. The molecule has 0 aliphatic rings. The van der Waals surface area contributed by atoms with Crippen LogP contribution in [0.3, 0.4) is 0 Å². The smallest absolute Gasteiger partial charge is 0.152 e. The minimum Gasteiger partial charge on any atom is -0.382 e. The van der Waals surface area contributed by atoms with Gasteiger partial charge in [-0.2, -0.15) is 0 Å². The maximum atomic E-state index is 6.17. The van der Waals surface area contributed by atoms with Crippen LogP contribution < -0.4 is 5.73 Å². The van der Waals surface area contributed by atoms with E-state index in [0.717, 1.165) is 53.6 Å². The van der Waals surface area contributed by atoms with Crippen molar-refractivity contribution in [1.29, 1.82) is 0 Å². The van der Waals surface area contributed by atoms with Crippen LogP contribution in [0, 0.1) is 18.8 Å². The molecule has 0 bridgehead atoms. The molecule has 2 N–H and O–H groups in total. The molecule has 5 nitrogen and oxygen atoms in total. The second-order valence-electron chi connectivity index (χ2n) is 5.87. The first-order valence-electron chi connectivity index (χ1n) is 8.62. The Balaban J connectivity index is 2.04. The minimum absolute atomic E-state index is 0.455. The molecule has 5 heteroatoms. The fourth-order valence-electron chi connectivity index (χ4n) is 2.97. The largest absolute Gasteiger partial charge is 0.382 e. The number of fused-ring (bicyclic) bond motifs is 3. The van der Waals surface area contributed by atoms with E-state index in [1.165, 1.54) is 0 Å². The summed E-state index contributed by atoms with van der Waals surface area (Å²) in [5.74, 6) is 4.00. The molecule has 0 saturated heterocycles. The van der Waals surface area contributed by atoms with Crippen LogP contribution in [0.25, 0.3) is 21.9 Å². The third-order valence-corrected chi connectivity index (χ3v) is 4.17. The van der Waals surface area contributed by atoms with Crippen LogP contribution in [0.4, 0.5) is 5.82 Å². The van der Waals surface area contributed by atoms with Gasteiger partial charge in [-0.15, -0.1) is 12.3 Å². The van der Waals surface area contributed by atoms with Gasteiger partial charge in [-0.1, -0.05) is 18.2 Å². The predicted molar refractivity (Wildman–Crippen MR) is 102 cm³/mol. The van der Waals surface area contributed by atoms with Crippen molar-refractivity contribution in [2.24, 2.45) is 0 Å². The van der Waals surface area contributed by atoms with Crippen LogP contribution >= 0.6 is 0 Å². The Kier molecular flexibility index (Phi) is 5.52. The van der Waals surface area contributed by atoms with E-state index in [-0.39, 0.29) is 0 Å². The number of nitrogens with zero attached hydrogens (tertiary/aromatic N) is 3. The average molecular weight is 335 g/mol. The van der Waals surface area contributed by atoms with Crippen LogP contribution in [0.2, 0.25) is 0 Å². The number of imidazole rings is 1. The molecule has 3 aromatic rings. The maximum Gasteiger partial charge on any atom is 0.152 e. The predicted octanol–water partition coefficient (Wildman–Crippen LogP) is 3.71. The van der Waals surface area contributed by atoms with Crippen molar-refractivity contribution in [3.8, 4) is 12.3 Å². The number of terminal acetylenes is 1. The molecule has 0 spiro atoms. The Bertz CT molecular complexity index is 907. The van der Waals surface area contributed by atoms with E-state index in [4.69, 9.17) is 21.9 Å². The lowest BCUT2D eigenvalue weighted by atomic mass is 10.1. The molecule has 129 valence electrons. The van der Waals surface area contributed by atoms with Gasteiger partial charge in [0.1, 0.15) is 17.9 Å². The highest BCUT2D eigenvalue weighted by Crippen LogP contribution is 2.29. The van der Waals surface area contributed by atoms with Gasteiger partial charge in [0.25, 0.3) is 0 Å². The van der Waals surface area contributed by atoms with Crippen molar-refractivity contribution < 1.29 is 4.74 Å². The van der Waals surface area contributed by atoms with Gasteiger partial charge in [0.15, 0.2) is 5.82 Å². The summed E-state index contributed by atoms with van der Waals surface area (Å²) in [5.41, 5.74) is 8.81. The van der Waals surface area contributed by atoms with E-state index >= 15 is 0 Å². The molecule has 0 fully saturated rings. The Morgan fingerprint density at radius 1 is 1.32 bits per heavy atom. The Morgan fingerprint density at radius 3 is 2.96 bits per heavy atom. The summed E-state index contributed by atoms with van der Waals surface area (Å²) in [6, 6.07) is 8.01. The first-order valence-corrected chi connectivity index (χ1v) is 8.62. The second kappa shape index (κ2) is 8.00. The zero-order valence-electron chi connectivity index (χ0n) is 14.5. The van der Waals surface area contributed by atoms with E-state index in [1.54, 1.807) is 0 Å². The second-order valence-corrected chi connectivity index (χ2v) is 5.87. The maximum absolute atomic E-state index is 6.17. The van der Waals surface area contributed by atoms with E-state index in [9.17, 15) is 0 Å². The lowest BCUT2D eigenvalue weighted by Crippen LogP contribution is -2.07. The van der Waals surface area contributed by atoms with Gasteiger partial charge in [-0.05, 0) is 32.3 Å². The summed E-state index contributed by atoms with van der Waals surface area (Å²) in [6.07, 6.45) is 10.3. The molecule has 25 heavy (non-hydrogen) atoms. The summed E-state index contributed by atoms with van der Waals surface area (Å²) in [7, 11) is 0. The van der Waals surface area contributed by atoms with Gasteiger partial charge < -0.3 is 15.0 Å². The number of rotatable bonds is 8. The molecule has 1 radical (unpaired) electrons. The van der Waals surface area contributed by atoms with Crippen molar-refractivity contribution in [2.75, 3.05) is 12.3 Å². The molecule has 2 aromatic heterocycles. The molecule has 1 aromatic carbocycles. The van der Waals surface area contributed by atoms with Gasteiger partial charge in [0, 0.05) is 25.0 Å². The summed E-state index contributed by atoms with van der Waals surface area (Å²) < 4.78 is 7.78. The third kappa shape index (κ3) is 3.59. The van der Waals surface area contributed by atoms with Crippen LogP contribution in [-0.4, -0.2) is 21.1 Å². The number of para-hydroxylation sites is 1. The zero-order valence-corrected chi connectivity index (χ0v) is 14.5. The van der Waals surface area contributed by atoms with Crippen molar-refractivity contribution in [1.82, 2.24) is 14.5 Å². The molecule has 3 rings (SSSR count). The zero-order chi connectivity index (χ0) is 17.6. The van der Waals surface area contributed by atoms with Crippen molar-refractivity contribution in [3.05, 3.63) is 36.5 Å². The van der Waals surface area contributed by atoms with E-state index in [0.29, 0.717) is 19.0 Å². The Morgan fingerprint density at radius 2 is 2.16 bits per heavy atom. The highest BCUT2D eigenvalue weighted by atomic mass is 16.5. The van der Waals surface area contributed by atoms with Crippen molar-refractivity contribution >= 4 is 27.8 Å². The van der Waals surface area contributed by atoms with Crippen molar-refractivity contribution in [3.63, 3.8) is 0 Å². The third-order valence-electron chi connectivity index (χ3n) is 4.17. The molecule has 0 aliphatic carbocycles. The number of benzene rings is 1. The number of ether oxygens (including phenoxy) is 1. The summed E-state index contributed by atoms with van der Waals surface area (Å²) >= 11 is 0. The average Bonchev–Trinajstić information content (AvgIpc) is 2.99. The fraction of sp³-hybridized carbons (Fsp3) is 0.350. The molecular weight excluding hydrogens is 312 g/mol. The number of unbranched alkanes of at least 4 members (excludes halogenated alkanes) is 3. The number of nitrogens with two attached hydrogens (primary N) is 1. The number of nitrogen functional groups attached to an aromatic ring is 1. The number of anilines is 1. The van der Waals surface area contributed by atoms with Gasteiger partial charge in [-0.3, -0.25) is 0 Å². The standard InChI is InChI=1S/C20H23N4O/c1-3-5-6-7-10-13-24-17(14-25-4-2)23-18-19(24)15-11-8-9-12-16(15)22-20(18)21/h1,8-12H,4-7,13-14H2,2H3,(H2,21,22). The minimum atomic E-state index is 0.455. The molecule has 2 heterocycles. The van der Waals surface area contributed by atoms with Crippen molar-refractivity contribution in [2.45, 2.75) is 39.3 Å². The lowest BCUT2D eigenvalue weighted by molar-refractivity contribution is 0.126. The number of aromatic nitrogens is 3. The Hall–Kier alpha value is -2.58. The normalized spacial score (nSPS) is 11.2. The van der Waals surface area contributed by atoms with Gasteiger partial charge in [0.2, 0.25) is 0 Å². The van der Waals surface area contributed by atoms with Crippen LogP contribution in [-0.2, 0) is 17.9 Å². The molecule has 0 saturated carbocycles. The Labute approximate surface area is 148 Å². The fourth-order valence-corrected chi connectivity index (χ4v) is 2.97. The first-order chi connectivity index (χ1) is 12.3.